The van der Waals surface area contributed by atoms with Crippen LogP contribution in [0.4, 0.5) is 0 Å². The molecule has 45 heavy (non-hydrogen) atoms. The van der Waals surface area contributed by atoms with E-state index in [9.17, 15) is 9.59 Å². The van der Waals surface area contributed by atoms with Crippen molar-refractivity contribution in [2.24, 2.45) is 4.99 Å². The van der Waals surface area contributed by atoms with Gasteiger partial charge in [0.2, 0.25) is 0 Å². The molecule has 0 aliphatic carbocycles. The fraction of sp³-hybridized carbons (Fsp3) is 0.194. The Morgan fingerprint density at radius 2 is 1.71 bits per heavy atom. The quantitative estimate of drug-likeness (QED) is 0.170. The highest BCUT2D eigenvalue weighted by atomic mass is 35.5. The van der Waals surface area contributed by atoms with Crippen LogP contribution in [0, 0.1) is 0 Å². The summed E-state index contributed by atoms with van der Waals surface area (Å²) in [5.41, 5.74) is 2.94. The second kappa shape index (κ2) is 13.1. The minimum Gasteiger partial charge on any atom is -0.494 e. The molecule has 0 saturated heterocycles. The third-order valence-electron chi connectivity index (χ3n) is 7.57. The van der Waals surface area contributed by atoms with Crippen LogP contribution in [0.2, 0.25) is 5.02 Å². The maximum absolute atomic E-state index is 14.3. The van der Waals surface area contributed by atoms with Gasteiger partial charge in [-0.25, -0.2) is 9.79 Å². The van der Waals surface area contributed by atoms with E-state index in [0.717, 1.165) is 27.5 Å². The third-order valence-corrected chi connectivity index (χ3v) is 8.92. The van der Waals surface area contributed by atoms with Crippen LogP contribution in [0.25, 0.3) is 16.8 Å². The number of rotatable bonds is 9. The molecule has 4 aromatic carbocycles. The fourth-order valence-corrected chi connectivity index (χ4v) is 6.69. The summed E-state index contributed by atoms with van der Waals surface area (Å²) in [6, 6.07) is 26.1. The minimum atomic E-state index is -0.721. The van der Waals surface area contributed by atoms with E-state index in [1.807, 2.05) is 97.9 Å². The number of thiazole rings is 1. The predicted octanol–water partition coefficient (Wildman–Crippen LogP) is 6.58. The average Bonchev–Trinajstić information content (AvgIpc) is 3.35. The zero-order valence-corrected chi connectivity index (χ0v) is 26.7. The molecule has 2 heterocycles. The molecule has 5 aromatic rings. The molecule has 1 atom stereocenters. The normalized spacial score (nSPS) is 14.7. The SMILES string of the molecule is CCOC(=O)C1=C(C)N=c2s/c(=C\c3c(OCc4ccccc4Cl)ccc4ccccc34)c(=O)n2[C@H]1c1ccc(OCC)cc1. The Kier molecular flexibility index (Phi) is 8.87. The predicted molar refractivity (Wildman–Crippen MR) is 178 cm³/mol. The van der Waals surface area contributed by atoms with E-state index in [1.165, 1.54) is 11.3 Å². The molecule has 0 amide bonds. The Bertz CT molecular complexity index is 2110. The first-order chi connectivity index (χ1) is 21.9. The topological polar surface area (TPSA) is 79.1 Å². The summed E-state index contributed by atoms with van der Waals surface area (Å²) in [6.07, 6.45) is 1.85. The number of esters is 1. The minimum absolute atomic E-state index is 0.202. The van der Waals surface area contributed by atoms with Crippen LogP contribution in [0.1, 0.15) is 43.5 Å². The summed E-state index contributed by atoms with van der Waals surface area (Å²) in [5, 5.41) is 2.57. The maximum Gasteiger partial charge on any atom is 0.338 e. The third kappa shape index (κ3) is 6.03. The van der Waals surface area contributed by atoms with Gasteiger partial charge in [0.25, 0.3) is 5.56 Å². The Hall–Kier alpha value is -4.66. The standard InChI is InChI=1S/C36H31ClN2O5S/c1-4-42-26-17-14-24(15-18-26)33-32(35(41)43-5-2)22(3)38-36-39(33)34(40)31(45-36)20-28-27-12-8-6-10-23(27)16-19-30(28)44-21-25-11-7-9-13-29(25)37/h6-20,33H,4-5,21H2,1-3H3/b31-20-/t33-/m0/s1. The van der Waals surface area contributed by atoms with Gasteiger partial charge in [0, 0.05) is 16.1 Å². The molecule has 228 valence electrons. The Labute approximate surface area is 269 Å². The van der Waals surface area contributed by atoms with Gasteiger partial charge in [-0.2, -0.15) is 0 Å². The lowest BCUT2D eigenvalue weighted by atomic mass is 9.96. The number of aromatic nitrogens is 1. The van der Waals surface area contributed by atoms with E-state index in [2.05, 4.69) is 0 Å². The van der Waals surface area contributed by atoms with Gasteiger partial charge in [0.15, 0.2) is 4.80 Å². The van der Waals surface area contributed by atoms with Crippen LogP contribution in [0.5, 0.6) is 11.5 Å². The number of allylic oxidation sites excluding steroid dienone is 1. The molecule has 0 bridgehead atoms. The van der Waals surface area contributed by atoms with Crippen molar-refractivity contribution in [1.82, 2.24) is 4.57 Å². The number of ether oxygens (including phenoxy) is 3. The molecule has 0 spiro atoms. The largest absolute Gasteiger partial charge is 0.494 e. The van der Waals surface area contributed by atoms with Crippen molar-refractivity contribution >= 4 is 45.8 Å². The summed E-state index contributed by atoms with van der Waals surface area (Å²) in [4.78, 5) is 32.8. The first-order valence-corrected chi connectivity index (χ1v) is 15.9. The number of halogens is 1. The lowest BCUT2D eigenvalue weighted by Gasteiger charge is -2.24. The first kappa shape index (κ1) is 30.4. The summed E-state index contributed by atoms with van der Waals surface area (Å²) in [6.45, 7) is 6.44. The molecule has 0 fully saturated rings. The number of fused-ring (bicyclic) bond motifs is 2. The van der Waals surface area contributed by atoms with Crippen molar-refractivity contribution < 1.29 is 19.0 Å². The summed E-state index contributed by atoms with van der Waals surface area (Å²) >= 11 is 7.68. The number of benzene rings is 4. The lowest BCUT2D eigenvalue weighted by molar-refractivity contribution is -0.139. The van der Waals surface area contributed by atoms with Gasteiger partial charge in [-0.15, -0.1) is 0 Å². The highest BCUT2D eigenvalue weighted by Gasteiger charge is 2.33. The van der Waals surface area contributed by atoms with Crippen LogP contribution < -0.4 is 24.4 Å². The second-order valence-corrected chi connectivity index (χ2v) is 11.8. The molecular weight excluding hydrogens is 608 g/mol. The van der Waals surface area contributed by atoms with Crippen LogP contribution in [-0.4, -0.2) is 23.8 Å². The average molecular weight is 639 g/mol. The van der Waals surface area contributed by atoms with E-state index < -0.39 is 12.0 Å². The van der Waals surface area contributed by atoms with Crippen molar-refractivity contribution in [2.45, 2.75) is 33.4 Å². The zero-order valence-electron chi connectivity index (χ0n) is 25.1. The molecule has 1 aliphatic rings. The molecular formula is C36H31ClN2O5S. The monoisotopic (exact) mass is 638 g/mol. The van der Waals surface area contributed by atoms with Crippen LogP contribution in [0.3, 0.4) is 0 Å². The molecule has 0 saturated carbocycles. The lowest BCUT2D eigenvalue weighted by Crippen LogP contribution is -2.39. The molecule has 9 heteroatoms. The van der Waals surface area contributed by atoms with E-state index in [4.69, 9.17) is 30.8 Å². The second-order valence-electron chi connectivity index (χ2n) is 10.4. The number of hydrogen-bond acceptors (Lipinski definition) is 7. The number of carbonyl (C=O) groups excluding carboxylic acids is 1. The smallest absolute Gasteiger partial charge is 0.338 e. The summed E-state index contributed by atoms with van der Waals surface area (Å²) in [7, 11) is 0. The van der Waals surface area contributed by atoms with E-state index in [0.29, 0.717) is 43.7 Å². The molecule has 0 unspecified atom stereocenters. The Morgan fingerprint density at radius 3 is 2.47 bits per heavy atom. The van der Waals surface area contributed by atoms with Crippen LogP contribution in [0.15, 0.2) is 106 Å². The summed E-state index contributed by atoms with van der Waals surface area (Å²) < 4.78 is 19.4. The van der Waals surface area contributed by atoms with Crippen molar-refractivity contribution in [2.75, 3.05) is 13.2 Å². The first-order valence-electron chi connectivity index (χ1n) is 14.7. The van der Waals surface area contributed by atoms with Gasteiger partial charge in [0.1, 0.15) is 18.1 Å². The molecule has 0 radical (unpaired) electrons. The number of nitrogens with zero attached hydrogens (tertiary/aromatic N) is 2. The van der Waals surface area contributed by atoms with E-state index in [1.54, 1.807) is 18.4 Å². The number of hydrogen-bond donors (Lipinski definition) is 0. The Balaban J connectivity index is 1.52. The van der Waals surface area contributed by atoms with Crippen molar-refractivity contribution in [3.8, 4) is 11.5 Å². The highest BCUT2D eigenvalue weighted by Crippen LogP contribution is 2.33. The zero-order chi connectivity index (χ0) is 31.5. The van der Waals surface area contributed by atoms with Gasteiger partial charge in [-0.3, -0.25) is 9.36 Å². The molecule has 1 aliphatic heterocycles. The molecule has 6 rings (SSSR count). The van der Waals surface area contributed by atoms with Crippen molar-refractivity contribution in [1.29, 1.82) is 0 Å². The molecule has 0 N–H and O–H groups in total. The fourth-order valence-electron chi connectivity index (χ4n) is 5.47. The van der Waals surface area contributed by atoms with Crippen LogP contribution >= 0.6 is 22.9 Å². The Morgan fingerprint density at radius 1 is 0.956 bits per heavy atom. The van der Waals surface area contributed by atoms with E-state index >= 15 is 0 Å². The molecule has 1 aromatic heterocycles. The van der Waals surface area contributed by atoms with Gasteiger partial charge >= 0.3 is 5.97 Å². The highest BCUT2D eigenvalue weighted by molar-refractivity contribution is 7.07. The molecule has 7 nitrogen and oxygen atoms in total. The van der Waals surface area contributed by atoms with Gasteiger partial charge in [-0.05, 0) is 67.4 Å². The van der Waals surface area contributed by atoms with E-state index in [-0.39, 0.29) is 18.8 Å². The van der Waals surface area contributed by atoms with Gasteiger partial charge < -0.3 is 14.2 Å². The maximum atomic E-state index is 14.3. The van der Waals surface area contributed by atoms with Gasteiger partial charge in [0.05, 0.1) is 35.1 Å². The van der Waals surface area contributed by atoms with Crippen molar-refractivity contribution in [3.05, 3.63) is 138 Å². The summed E-state index contributed by atoms with van der Waals surface area (Å²) in [5.74, 6) is 0.814. The van der Waals surface area contributed by atoms with Crippen LogP contribution in [-0.2, 0) is 16.1 Å². The van der Waals surface area contributed by atoms with Gasteiger partial charge in [-0.1, -0.05) is 83.6 Å². The number of carbonyl (C=O) groups is 1. The van der Waals surface area contributed by atoms with Crippen molar-refractivity contribution in [3.63, 3.8) is 0 Å².